The number of aliphatic hydroxyl groups excluding tert-OH is 1. The summed E-state index contributed by atoms with van der Waals surface area (Å²) in [5.41, 5.74) is 0.997. The van der Waals surface area contributed by atoms with Crippen molar-refractivity contribution in [3.63, 3.8) is 0 Å². The smallest absolute Gasteiger partial charge is 0.182 e. The topological polar surface area (TPSA) is 41.9 Å². The number of ether oxygens (including phenoxy) is 2. The van der Waals surface area contributed by atoms with Crippen LogP contribution in [0.5, 0.6) is 0 Å². The van der Waals surface area contributed by atoms with Crippen LogP contribution >= 0.6 is 0 Å². The quantitative estimate of drug-likeness (QED) is 0.640. The summed E-state index contributed by atoms with van der Waals surface area (Å²) in [6, 6.07) is 0. The highest BCUT2D eigenvalue weighted by atomic mass is 16.6. The van der Waals surface area contributed by atoms with Crippen LogP contribution in [0.3, 0.4) is 0 Å². The van der Waals surface area contributed by atoms with Crippen molar-refractivity contribution in [2.45, 2.75) is 19.3 Å². The van der Waals surface area contributed by atoms with Crippen LogP contribution in [-0.2, 0) is 9.47 Å². The Kier molecular flexibility index (Phi) is 3.71. The number of hydrogen-bond donors (Lipinski definition) is 1. The molecule has 1 heterocycles. The molecule has 0 spiro atoms. The first-order valence-electron chi connectivity index (χ1n) is 4.38. The third kappa shape index (κ3) is 2.69. The van der Waals surface area contributed by atoms with Gasteiger partial charge in [-0.3, -0.25) is 0 Å². The molecule has 0 amide bonds. The maximum atomic E-state index is 9.38. The Bertz CT molecular complexity index is 184. The van der Waals surface area contributed by atoms with Crippen LogP contribution in [0.25, 0.3) is 0 Å². The van der Waals surface area contributed by atoms with E-state index in [2.05, 4.69) is 11.5 Å². The van der Waals surface area contributed by atoms with E-state index in [-0.39, 0.29) is 6.10 Å². The third-order valence-corrected chi connectivity index (χ3v) is 2.19. The summed E-state index contributed by atoms with van der Waals surface area (Å²) in [5, 5.41) is 9.38. The molecule has 76 valence electrons. The van der Waals surface area contributed by atoms with Crippen molar-refractivity contribution in [3.05, 3.63) is 12.3 Å². The summed E-state index contributed by atoms with van der Waals surface area (Å²) in [5.74, 6) is 0. The number of rotatable bonds is 3. The third-order valence-electron chi connectivity index (χ3n) is 2.19. The van der Waals surface area contributed by atoms with Crippen LogP contribution in [0, 0.1) is 0 Å². The zero-order chi connectivity index (χ0) is 9.84. The van der Waals surface area contributed by atoms with Crippen LogP contribution < -0.4 is 0 Å². The van der Waals surface area contributed by atoms with Gasteiger partial charge in [0.25, 0.3) is 0 Å². The Morgan fingerprint density at radius 3 is 3.00 bits per heavy atom. The summed E-state index contributed by atoms with van der Waals surface area (Å²) >= 11 is 0. The molecule has 0 bridgehead atoms. The molecule has 0 radical (unpaired) electrons. The van der Waals surface area contributed by atoms with Crippen molar-refractivity contribution >= 4 is 0 Å². The molecule has 0 aromatic rings. The first-order chi connectivity index (χ1) is 6.15. The fourth-order valence-corrected chi connectivity index (χ4v) is 1.35. The zero-order valence-corrected chi connectivity index (χ0v) is 8.19. The first-order valence-corrected chi connectivity index (χ1v) is 4.38. The summed E-state index contributed by atoms with van der Waals surface area (Å²) in [4.78, 5) is 2.08. The summed E-state index contributed by atoms with van der Waals surface area (Å²) in [6.07, 6.45) is -1.11. The van der Waals surface area contributed by atoms with E-state index in [0.29, 0.717) is 13.2 Å². The van der Waals surface area contributed by atoms with Gasteiger partial charge in [-0.2, -0.15) is 0 Å². The number of allylic oxidation sites excluding steroid dienone is 1. The zero-order valence-electron chi connectivity index (χ0n) is 8.19. The van der Waals surface area contributed by atoms with E-state index >= 15 is 0 Å². The molecule has 1 aliphatic rings. The number of aliphatic hydroxyl groups is 1. The van der Waals surface area contributed by atoms with Crippen LogP contribution in [0.4, 0.5) is 0 Å². The monoisotopic (exact) mass is 187 g/mol. The summed E-state index contributed by atoms with van der Waals surface area (Å²) in [6.45, 7) is 7.88. The standard InChI is InChI=1S/C9H17NO3/c1-7(2)10-4-5-13-8(6-10)9(11)12-3/h8-9,11H,1,4-6H2,2-3H3. The van der Waals surface area contributed by atoms with Crippen molar-refractivity contribution < 1.29 is 14.6 Å². The fourth-order valence-electron chi connectivity index (χ4n) is 1.35. The lowest BCUT2D eigenvalue weighted by atomic mass is 10.2. The summed E-state index contributed by atoms with van der Waals surface area (Å²) < 4.78 is 10.1. The molecule has 2 unspecified atom stereocenters. The van der Waals surface area contributed by atoms with Gasteiger partial charge in [0.1, 0.15) is 6.10 Å². The van der Waals surface area contributed by atoms with Crippen molar-refractivity contribution in [2.75, 3.05) is 26.8 Å². The Morgan fingerprint density at radius 2 is 2.46 bits per heavy atom. The van der Waals surface area contributed by atoms with Gasteiger partial charge >= 0.3 is 0 Å². The number of hydrogen-bond acceptors (Lipinski definition) is 4. The Balaban J connectivity index is 2.46. The Labute approximate surface area is 78.7 Å². The van der Waals surface area contributed by atoms with Crippen molar-refractivity contribution in [1.82, 2.24) is 4.90 Å². The number of morpholine rings is 1. The van der Waals surface area contributed by atoms with Gasteiger partial charge in [-0.25, -0.2) is 0 Å². The second-order valence-electron chi connectivity index (χ2n) is 3.22. The predicted molar refractivity (Wildman–Crippen MR) is 49.1 cm³/mol. The normalized spacial score (nSPS) is 25.8. The molecular formula is C9H17NO3. The van der Waals surface area contributed by atoms with Gasteiger partial charge in [0, 0.05) is 25.9 Å². The molecular weight excluding hydrogens is 170 g/mol. The second-order valence-corrected chi connectivity index (χ2v) is 3.22. The minimum absolute atomic E-state index is 0.268. The van der Waals surface area contributed by atoms with Gasteiger partial charge in [0.15, 0.2) is 6.29 Å². The predicted octanol–water partition coefficient (Wildman–Crippen LogP) is 0.186. The van der Waals surface area contributed by atoms with Crippen molar-refractivity contribution in [1.29, 1.82) is 0 Å². The molecule has 0 aromatic carbocycles. The van der Waals surface area contributed by atoms with Crippen LogP contribution in [0.15, 0.2) is 12.3 Å². The summed E-state index contributed by atoms with van der Waals surface area (Å²) in [7, 11) is 1.47. The Morgan fingerprint density at radius 1 is 1.77 bits per heavy atom. The largest absolute Gasteiger partial charge is 0.370 e. The van der Waals surface area contributed by atoms with Gasteiger partial charge < -0.3 is 19.5 Å². The van der Waals surface area contributed by atoms with Crippen LogP contribution in [0.1, 0.15) is 6.92 Å². The van der Waals surface area contributed by atoms with Crippen LogP contribution in [0.2, 0.25) is 0 Å². The number of methoxy groups -OCH3 is 1. The molecule has 1 rings (SSSR count). The molecule has 0 aromatic heterocycles. The average Bonchev–Trinajstić information content (AvgIpc) is 2.17. The number of nitrogens with zero attached hydrogens (tertiary/aromatic N) is 1. The maximum absolute atomic E-state index is 9.38. The van der Waals surface area contributed by atoms with Gasteiger partial charge in [0.05, 0.1) is 6.61 Å². The minimum atomic E-state index is -0.845. The lowest BCUT2D eigenvalue weighted by Crippen LogP contribution is -2.47. The van der Waals surface area contributed by atoms with Crippen molar-refractivity contribution in [3.8, 4) is 0 Å². The van der Waals surface area contributed by atoms with Gasteiger partial charge in [-0.1, -0.05) is 6.58 Å². The molecule has 0 saturated carbocycles. The SMILES string of the molecule is C=C(C)N1CCOC(C(O)OC)C1. The van der Waals surface area contributed by atoms with E-state index in [9.17, 15) is 5.11 Å². The highest BCUT2D eigenvalue weighted by Gasteiger charge is 2.26. The molecule has 4 heteroatoms. The van der Waals surface area contributed by atoms with E-state index in [0.717, 1.165) is 12.2 Å². The first kappa shape index (κ1) is 10.5. The lowest BCUT2D eigenvalue weighted by Gasteiger charge is -2.36. The molecule has 0 aliphatic carbocycles. The van der Waals surface area contributed by atoms with E-state index in [1.165, 1.54) is 7.11 Å². The van der Waals surface area contributed by atoms with E-state index < -0.39 is 6.29 Å². The van der Waals surface area contributed by atoms with E-state index in [1.807, 2.05) is 6.92 Å². The molecule has 1 aliphatic heterocycles. The van der Waals surface area contributed by atoms with Gasteiger partial charge in [0.2, 0.25) is 0 Å². The van der Waals surface area contributed by atoms with Crippen LogP contribution in [-0.4, -0.2) is 49.2 Å². The highest BCUT2D eigenvalue weighted by molar-refractivity contribution is 4.91. The molecule has 1 saturated heterocycles. The van der Waals surface area contributed by atoms with Gasteiger partial charge in [-0.05, 0) is 6.92 Å². The Hall–Kier alpha value is -0.580. The molecule has 2 atom stereocenters. The maximum Gasteiger partial charge on any atom is 0.182 e. The second kappa shape index (κ2) is 4.60. The fraction of sp³-hybridized carbons (Fsp3) is 0.778. The lowest BCUT2D eigenvalue weighted by molar-refractivity contribution is -0.181. The highest BCUT2D eigenvalue weighted by Crippen LogP contribution is 2.12. The van der Waals surface area contributed by atoms with E-state index in [1.54, 1.807) is 0 Å². The minimum Gasteiger partial charge on any atom is -0.370 e. The molecule has 1 fully saturated rings. The average molecular weight is 187 g/mol. The van der Waals surface area contributed by atoms with E-state index in [4.69, 9.17) is 9.47 Å². The van der Waals surface area contributed by atoms with Crippen molar-refractivity contribution in [2.24, 2.45) is 0 Å². The molecule has 13 heavy (non-hydrogen) atoms. The molecule has 4 nitrogen and oxygen atoms in total. The van der Waals surface area contributed by atoms with Gasteiger partial charge in [-0.15, -0.1) is 0 Å². The molecule has 1 N–H and O–H groups in total.